The number of amides is 1. The van der Waals surface area contributed by atoms with Crippen molar-refractivity contribution in [3.05, 3.63) is 41.5 Å². The van der Waals surface area contributed by atoms with Gasteiger partial charge in [-0.05, 0) is 30.2 Å². The Bertz CT molecular complexity index is 464. The van der Waals surface area contributed by atoms with Gasteiger partial charge in [-0.15, -0.1) is 0 Å². The van der Waals surface area contributed by atoms with E-state index in [2.05, 4.69) is 5.32 Å². The van der Waals surface area contributed by atoms with Crippen LogP contribution in [0, 0.1) is 0 Å². The first-order valence-corrected chi connectivity index (χ1v) is 5.59. The van der Waals surface area contributed by atoms with Crippen molar-refractivity contribution in [1.82, 2.24) is 5.32 Å². The second kappa shape index (κ2) is 6.38. The zero-order chi connectivity index (χ0) is 14.5. The summed E-state index contributed by atoms with van der Waals surface area (Å²) in [5, 5.41) is 11.0. The second-order valence-electron chi connectivity index (χ2n) is 3.92. The lowest BCUT2D eigenvalue weighted by molar-refractivity contribution is -0.137. The minimum atomic E-state index is -4.37. The molecular formula is C13H14F3NO2. The molecule has 1 aromatic rings. The summed E-state index contributed by atoms with van der Waals surface area (Å²) in [5.74, 6) is -0.397. The Morgan fingerprint density at radius 3 is 2.37 bits per heavy atom. The van der Waals surface area contributed by atoms with E-state index in [9.17, 15) is 18.0 Å². The molecule has 104 valence electrons. The smallest absolute Gasteiger partial charge is 0.395 e. The van der Waals surface area contributed by atoms with Gasteiger partial charge in [0.15, 0.2) is 0 Å². The molecule has 1 aromatic carbocycles. The summed E-state index contributed by atoms with van der Waals surface area (Å²) in [7, 11) is 0. The fourth-order valence-corrected chi connectivity index (χ4v) is 1.43. The minimum Gasteiger partial charge on any atom is -0.395 e. The molecule has 0 aliphatic carbocycles. The standard InChI is InChI=1S/C13H14F3NO2/c1-9(8-12(19)17-6-7-18)10-2-4-11(5-3-10)13(14,15)16/h2-5,8,18H,6-7H2,1H3,(H,17,19)/b9-8-. The summed E-state index contributed by atoms with van der Waals surface area (Å²) in [6, 6.07) is 4.57. The van der Waals surface area contributed by atoms with Crippen LogP contribution in [-0.4, -0.2) is 24.2 Å². The summed E-state index contributed by atoms with van der Waals surface area (Å²) >= 11 is 0. The van der Waals surface area contributed by atoms with E-state index in [4.69, 9.17) is 5.11 Å². The first-order valence-electron chi connectivity index (χ1n) is 5.59. The van der Waals surface area contributed by atoms with E-state index in [1.54, 1.807) is 6.92 Å². The maximum atomic E-state index is 12.4. The van der Waals surface area contributed by atoms with Gasteiger partial charge in [0.2, 0.25) is 5.91 Å². The van der Waals surface area contributed by atoms with E-state index in [1.165, 1.54) is 18.2 Å². The third kappa shape index (κ3) is 4.75. The Morgan fingerprint density at radius 1 is 1.32 bits per heavy atom. The molecule has 0 aromatic heterocycles. The third-order valence-electron chi connectivity index (χ3n) is 2.43. The number of hydrogen-bond acceptors (Lipinski definition) is 2. The molecule has 0 heterocycles. The number of benzene rings is 1. The Morgan fingerprint density at radius 2 is 1.89 bits per heavy atom. The zero-order valence-electron chi connectivity index (χ0n) is 10.3. The molecule has 1 amide bonds. The van der Waals surface area contributed by atoms with Gasteiger partial charge in [-0.2, -0.15) is 13.2 Å². The van der Waals surface area contributed by atoms with E-state index in [-0.39, 0.29) is 13.2 Å². The quantitative estimate of drug-likeness (QED) is 0.826. The molecule has 0 bridgehead atoms. The fraction of sp³-hybridized carbons (Fsp3) is 0.308. The van der Waals surface area contributed by atoms with Crippen molar-refractivity contribution in [3.63, 3.8) is 0 Å². The molecule has 0 atom stereocenters. The van der Waals surface area contributed by atoms with Crippen LogP contribution >= 0.6 is 0 Å². The molecule has 6 heteroatoms. The average molecular weight is 273 g/mol. The van der Waals surface area contributed by atoms with Crippen LogP contribution in [0.1, 0.15) is 18.1 Å². The van der Waals surface area contributed by atoms with Gasteiger partial charge in [-0.25, -0.2) is 0 Å². The van der Waals surface area contributed by atoms with Crippen LogP contribution in [0.3, 0.4) is 0 Å². The van der Waals surface area contributed by atoms with Crippen molar-refractivity contribution < 1.29 is 23.1 Å². The number of aliphatic hydroxyl groups excluding tert-OH is 1. The highest BCUT2D eigenvalue weighted by Gasteiger charge is 2.29. The van der Waals surface area contributed by atoms with Crippen LogP contribution in [0.15, 0.2) is 30.3 Å². The van der Waals surface area contributed by atoms with Crippen molar-refractivity contribution in [1.29, 1.82) is 0 Å². The Labute approximate surface area is 108 Å². The largest absolute Gasteiger partial charge is 0.416 e. The van der Waals surface area contributed by atoms with Crippen molar-refractivity contribution in [2.75, 3.05) is 13.2 Å². The number of carbonyl (C=O) groups is 1. The summed E-state index contributed by atoms with van der Waals surface area (Å²) in [4.78, 5) is 11.3. The van der Waals surface area contributed by atoms with E-state index in [1.807, 2.05) is 0 Å². The lowest BCUT2D eigenvalue weighted by Crippen LogP contribution is -2.24. The highest BCUT2D eigenvalue weighted by Crippen LogP contribution is 2.29. The number of alkyl halides is 3. The number of carbonyl (C=O) groups excluding carboxylic acids is 1. The van der Waals surface area contributed by atoms with E-state index < -0.39 is 17.6 Å². The van der Waals surface area contributed by atoms with Gasteiger partial charge >= 0.3 is 6.18 Å². The summed E-state index contributed by atoms with van der Waals surface area (Å²) < 4.78 is 37.1. The van der Waals surface area contributed by atoms with Gasteiger partial charge in [-0.3, -0.25) is 4.79 Å². The lowest BCUT2D eigenvalue weighted by Gasteiger charge is -2.08. The predicted octanol–water partition coefficient (Wildman–Crippen LogP) is 2.22. The lowest BCUT2D eigenvalue weighted by atomic mass is 10.0. The first-order chi connectivity index (χ1) is 8.84. The van der Waals surface area contributed by atoms with Gasteiger partial charge < -0.3 is 10.4 Å². The van der Waals surface area contributed by atoms with Gasteiger partial charge in [0.25, 0.3) is 0 Å². The number of allylic oxidation sites excluding steroid dienone is 1. The number of halogens is 3. The Balaban J connectivity index is 2.80. The van der Waals surface area contributed by atoms with Crippen molar-refractivity contribution in [3.8, 4) is 0 Å². The molecule has 0 saturated carbocycles. The number of nitrogens with one attached hydrogen (secondary N) is 1. The van der Waals surface area contributed by atoms with Crippen LogP contribution in [0.5, 0.6) is 0 Å². The Hall–Kier alpha value is -1.82. The molecule has 19 heavy (non-hydrogen) atoms. The van der Waals surface area contributed by atoms with E-state index in [0.717, 1.165) is 12.1 Å². The molecule has 0 aliphatic heterocycles. The number of rotatable bonds is 4. The number of aliphatic hydroxyl groups is 1. The Kier molecular flexibility index (Phi) is 5.11. The highest BCUT2D eigenvalue weighted by molar-refractivity contribution is 5.94. The van der Waals surface area contributed by atoms with Crippen molar-refractivity contribution >= 4 is 11.5 Å². The zero-order valence-corrected chi connectivity index (χ0v) is 10.3. The molecule has 0 fully saturated rings. The molecule has 3 nitrogen and oxygen atoms in total. The van der Waals surface area contributed by atoms with E-state index >= 15 is 0 Å². The molecule has 0 unspecified atom stereocenters. The van der Waals surface area contributed by atoms with Crippen LogP contribution in [0.4, 0.5) is 13.2 Å². The summed E-state index contributed by atoms with van der Waals surface area (Å²) in [6.07, 6.45) is -3.09. The molecule has 0 saturated heterocycles. The monoisotopic (exact) mass is 273 g/mol. The minimum absolute atomic E-state index is 0.135. The SMILES string of the molecule is C/C(=C/C(=O)NCCO)c1ccc(C(F)(F)F)cc1. The fourth-order valence-electron chi connectivity index (χ4n) is 1.43. The van der Waals surface area contributed by atoms with Gasteiger partial charge in [0, 0.05) is 12.6 Å². The summed E-state index contributed by atoms with van der Waals surface area (Å²) in [6.45, 7) is 1.59. The van der Waals surface area contributed by atoms with Gasteiger partial charge in [0.1, 0.15) is 0 Å². The first kappa shape index (κ1) is 15.2. The summed E-state index contributed by atoms with van der Waals surface area (Å²) in [5.41, 5.74) is 0.352. The van der Waals surface area contributed by atoms with Crippen LogP contribution in [0.25, 0.3) is 5.57 Å². The molecular weight excluding hydrogens is 259 g/mol. The van der Waals surface area contributed by atoms with Gasteiger partial charge in [0.05, 0.1) is 12.2 Å². The van der Waals surface area contributed by atoms with Crippen molar-refractivity contribution in [2.45, 2.75) is 13.1 Å². The molecule has 1 rings (SSSR count). The second-order valence-corrected chi connectivity index (χ2v) is 3.92. The van der Waals surface area contributed by atoms with Crippen LogP contribution in [-0.2, 0) is 11.0 Å². The predicted molar refractivity (Wildman–Crippen MR) is 65.2 cm³/mol. The maximum Gasteiger partial charge on any atom is 0.416 e. The number of hydrogen-bond donors (Lipinski definition) is 2. The highest BCUT2D eigenvalue weighted by atomic mass is 19.4. The maximum absolute atomic E-state index is 12.4. The van der Waals surface area contributed by atoms with Gasteiger partial charge in [-0.1, -0.05) is 12.1 Å². The van der Waals surface area contributed by atoms with Crippen LogP contribution in [0.2, 0.25) is 0 Å². The molecule has 0 radical (unpaired) electrons. The topological polar surface area (TPSA) is 49.3 Å². The van der Waals surface area contributed by atoms with E-state index in [0.29, 0.717) is 11.1 Å². The average Bonchev–Trinajstić information content (AvgIpc) is 2.35. The molecule has 0 aliphatic rings. The third-order valence-corrected chi connectivity index (χ3v) is 2.43. The normalized spacial score (nSPS) is 12.4. The van der Waals surface area contributed by atoms with Crippen LogP contribution < -0.4 is 5.32 Å². The van der Waals surface area contributed by atoms with Crippen molar-refractivity contribution in [2.24, 2.45) is 0 Å². The molecule has 2 N–H and O–H groups in total. The molecule has 0 spiro atoms.